The van der Waals surface area contributed by atoms with Crippen molar-refractivity contribution >= 4 is 44.4 Å². The maximum Gasteiger partial charge on any atom is 0.261 e. The van der Waals surface area contributed by atoms with Gasteiger partial charge in [-0.1, -0.05) is 50.3 Å². The number of fused-ring (bicyclic) bond motifs is 1. The van der Waals surface area contributed by atoms with Crippen LogP contribution in [-0.4, -0.2) is 54.8 Å². The number of anilines is 1. The molecule has 160 valence electrons. The van der Waals surface area contributed by atoms with Gasteiger partial charge in [-0.25, -0.2) is 4.98 Å². The Labute approximate surface area is 187 Å². The molecule has 1 amide bonds. The van der Waals surface area contributed by atoms with Gasteiger partial charge in [0.25, 0.3) is 5.91 Å². The highest BCUT2D eigenvalue weighted by Gasteiger charge is 2.24. The molecule has 0 spiro atoms. The number of carbonyl (C=O) groups excluding carboxylic acids is 1. The highest BCUT2D eigenvalue weighted by molar-refractivity contribution is 7.99. The van der Waals surface area contributed by atoms with Crippen LogP contribution in [0.4, 0.5) is 5.13 Å². The van der Waals surface area contributed by atoms with E-state index in [2.05, 4.69) is 25.7 Å². The molecule has 0 bridgehead atoms. The van der Waals surface area contributed by atoms with Gasteiger partial charge in [0.05, 0.1) is 17.4 Å². The normalized spacial score (nSPS) is 11.2. The fraction of sp³-hybridized carbons (Fsp3) is 0.391. The van der Waals surface area contributed by atoms with Crippen LogP contribution in [0.1, 0.15) is 31.1 Å². The zero-order valence-electron chi connectivity index (χ0n) is 18.1. The summed E-state index contributed by atoms with van der Waals surface area (Å²) in [6, 6.07) is 13.7. The van der Waals surface area contributed by atoms with E-state index >= 15 is 0 Å². The number of amides is 1. The molecular weight excluding hydrogens is 414 g/mol. The fourth-order valence-corrected chi connectivity index (χ4v) is 5.13. The summed E-state index contributed by atoms with van der Waals surface area (Å²) in [5, 5.41) is 0.711. The molecule has 0 saturated carbocycles. The van der Waals surface area contributed by atoms with Crippen LogP contribution in [0.2, 0.25) is 0 Å². The predicted octanol–water partition coefficient (Wildman–Crippen LogP) is 5.41. The van der Waals surface area contributed by atoms with Crippen molar-refractivity contribution in [1.29, 1.82) is 0 Å². The third-order valence-corrected chi connectivity index (χ3v) is 7.02. The molecule has 1 aromatic heterocycles. The molecule has 3 rings (SSSR count). The second-order valence-corrected chi connectivity index (χ2v) is 9.03. The Bertz CT molecular complexity index is 985. The number of thiazole rings is 1. The van der Waals surface area contributed by atoms with Crippen molar-refractivity contribution in [2.45, 2.75) is 25.7 Å². The van der Waals surface area contributed by atoms with Gasteiger partial charge in [0.15, 0.2) is 5.13 Å². The standard InChI is InChI=1S/C23H29N3O2S2/c1-5-25(6-2)15-16-26(22(27)17-11-8-9-13-19(17)29-7-3)23-24-21-18(28-4)12-10-14-20(21)30-23/h8-14H,5-7,15-16H2,1-4H3. The van der Waals surface area contributed by atoms with Crippen LogP contribution < -0.4 is 9.64 Å². The van der Waals surface area contributed by atoms with Gasteiger partial charge >= 0.3 is 0 Å². The van der Waals surface area contributed by atoms with E-state index in [1.807, 2.05) is 47.4 Å². The minimum atomic E-state index is -0.00303. The highest BCUT2D eigenvalue weighted by Crippen LogP contribution is 2.35. The summed E-state index contributed by atoms with van der Waals surface area (Å²) in [5.74, 6) is 1.65. The van der Waals surface area contributed by atoms with Crippen molar-refractivity contribution < 1.29 is 9.53 Å². The summed E-state index contributed by atoms with van der Waals surface area (Å²) >= 11 is 3.23. The number of hydrogen-bond acceptors (Lipinski definition) is 6. The van der Waals surface area contributed by atoms with Crippen LogP contribution in [0.5, 0.6) is 5.75 Å². The molecule has 2 aromatic carbocycles. The molecule has 0 saturated heterocycles. The smallest absolute Gasteiger partial charge is 0.261 e. The van der Waals surface area contributed by atoms with Crippen molar-refractivity contribution in [2.24, 2.45) is 0 Å². The summed E-state index contributed by atoms with van der Waals surface area (Å²) in [4.78, 5) is 23.7. The molecule has 0 radical (unpaired) electrons. The Kier molecular flexibility index (Phi) is 8.13. The first-order valence-corrected chi connectivity index (χ1v) is 12.1. The number of para-hydroxylation sites is 1. The third kappa shape index (κ3) is 4.96. The van der Waals surface area contributed by atoms with Gasteiger partial charge in [0.1, 0.15) is 11.3 Å². The zero-order chi connectivity index (χ0) is 21.5. The van der Waals surface area contributed by atoms with E-state index in [0.717, 1.165) is 51.8 Å². The number of ether oxygens (including phenoxy) is 1. The van der Waals surface area contributed by atoms with Gasteiger partial charge < -0.3 is 9.64 Å². The summed E-state index contributed by atoms with van der Waals surface area (Å²) < 4.78 is 6.49. The second kappa shape index (κ2) is 10.8. The van der Waals surface area contributed by atoms with Crippen LogP contribution in [0.25, 0.3) is 10.2 Å². The van der Waals surface area contributed by atoms with Crippen molar-refractivity contribution in [2.75, 3.05) is 43.9 Å². The first-order chi connectivity index (χ1) is 14.6. The molecule has 5 nitrogen and oxygen atoms in total. The molecule has 30 heavy (non-hydrogen) atoms. The van der Waals surface area contributed by atoms with Gasteiger partial charge in [-0.3, -0.25) is 9.69 Å². The van der Waals surface area contributed by atoms with E-state index in [9.17, 15) is 4.79 Å². The first kappa shape index (κ1) is 22.6. The summed E-state index contributed by atoms with van der Waals surface area (Å²) in [6.45, 7) is 9.69. The zero-order valence-corrected chi connectivity index (χ0v) is 19.7. The molecule has 7 heteroatoms. The lowest BCUT2D eigenvalue weighted by atomic mass is 10.2. The third-order valence-electron chi connectivity index (χ3n) is 5.02. The largest absolute Gasteiger partial charge is 0.494 e. The number of thioether (sulfide) groups is 1. The van der Waals surface area contributed by atoms with E-state index in [1.54, 1.807) is 18.9 Å². The van der Waals surface area contributed by atoms with E-state index < -0.39 is 0 Å². The lowest BCUT2D eigenvalue weighted by molar-refractivity contribution is 0.0981. The number of methoxy groups -OCH3 is 1. The van der Waals surface area contributed by atoms with E-state index in [4.69, 9.17) is 9.72 Å². The summed E-state index contributed by atoms with van der Waals surface area (Å²) in [7, 11) is 1.65. The van der Waals surface area contributed by atoms with Gasteiger partial charge in [0.2, 0.25) is 0 Å². The average Bonchev–Trinajstić information content (AvgIpc) is 3.21. The number of carbonyl (C=O) groups is 1. The van der Waals surface area contributed by atoms with Crippen molar-refractivity contribution in [3.8, 4) is 5.75 Å². The number of aromatic nitrogens is 1. The van der Waals surface area contributed by atoms with Crippen molar-refractivity contribution in [3.05, 3.63) is 48.0 Å². The monoisotopic (exact) mass is 443 g/mol. The Morgan fingerprint density at radius 2 is 1.83 bits per heavy atom. The van der Waals surface area contributed by atoms with Crippen LogP contribution >= 0.6 is 23.1 Å². The topological polar surface area (TPSA) is 45.7 Å². The molecule has 0 atom stereocenters. The molecule has 0 fully saturated rings. The minimum absolute atomic E-state index is 0.00303. The quantitative estimate of drug-likeness (QED) is 0.392. The number of rotatable bonds is 10. The Hall–Kier alpha value is -2.09. The van der Waals surface area contributed by atoms with Gasteiger partial charge in [0, 0.05) is 18.0 Å². The number of nitrogens with zero attached hydrogens (tertiary/aromatic N) is 3. The Balaban J connectivity index is 2.02. The van der Waals surface area contributed by atoms with E-state index in [-0.39, 0.29) is 5.91 Å². The maximum atomic E-state index is 13.7. The number of hydrogen-bond donors (Lipinski definition) is 0. The fourth-order valence-electron chi connectivity index (χ4n) is 3.33. The molecule has 1 heterocycles. The molecule has 0 aliphatic rings. The molecule has 3 aromatic rings. The van der Waals surface area contributed by atoms with E-state index in [0.29, 0.717) is 11.7 Å². The van der Waals surface area contributed by atoms with E-state index in [1.165, 1.54) is 11.3 Å². The Morgan fingerprint density at radius 1 is 1.07 bits per heavy atom. The summed E-state index contributed by atoms with van der Waals surface area (Å²) in [5.41, 5.74) is 1.53. The van der Waals surface area contributed by atoms with Crippen LogP contribution in [0, 0.1) is 0 Å². The SMILES string of the molecule is CCSc1ccccc1C(=O)N(CCN(CC)CC)c1nc2c(OC)cccc2s1. The van der Waals surface area contributed by atoms with Crippen molar-refractivity contribution in [3.63, 3.8) is 0 Å². The minimum Gasteiger partial charge on any atom is -0.494 e. The van der Waals surface area contributed by atoms with Gasteiger partial charge in [-0.05, 0) is 43.1 Å². The average molecular weight is 444 g/mol. The Morgan fingerprint density at radius 3 is 2.53 bits per heavy atom. The second-order valence-electron chi connectivity index (χ2n) is 6.72. The molecule has 0 N–H and O–H groups in total. The predicted molar refractivity (Wildman–Crippen MR) is 128 cm³/mol. The maximum absolute atomic E-state index is 13.7. The van der Waals surface area contributed by atoms with Gasteiger partial charge in [-0.15, -0.1) is 11.8 Å². The summed E-state index contributed by atoms with van der Waals surface area (Å²) in [6.07, 6.45) is 0. The number of likely N-dealkylation sites (N-methyl/N-ethyl adjacent to an activating group) is 1. The van der Waals surface area contributed by atoms with Crippen molar-refractivity contribution in [1.82, 2.24) is 9.88 Å². The molecule has 0 aliphatic heterocycles. The van der Waals surface area contributed by atoms with Crippen LogP contribution in [0.15, 0.2) is 47.4 Å². The number of benzene rings is 2. The van der Waals surface area contributed by atoms with Crippen LogP contribution in [0.3, 0.4) is 0 Å². The van der Waals surface area contributed by atoms with Gasteiger partial charge in [-0.2, -0.15) is 0 Å². The first-order valence-electron chi connectivity index (χ1n) is 10.3. The lowest BCUT2D eigenvalue weighted by Gasteiger charge is -2.25. The van der Waals surface area contributed by atoms with Crippen LogP contribution in [-0.2, 0) is 0 Å². The molecular formula is C23H29N3O2S2. The molecule has 0 aliphatic carbocycles. The lowest BCUT2D eigenvalue weighted by Crippen LogP contribution is -2.39. The highest BCUT2D eigenvalue weighted by atomic mass is 32.2. The molecule has 0 unspecified atom stereocenters.